The minimum Gasteiger partial charge on any atom is -0.465 e. The number of hydrogen-bond acceptors (Lipinski definition) is 5. The Morgan fingerprint density at radius 2 is 1.96 bits per heavy atom. The van der Waals surface area contributed by atoms with Crippen molar-refractivity contribution >= 4 is 23.2 Å². The van der Waals surface area contributed by atoms with E-state index in [9.17, 15) is 9.59 Å². The van der Waals surface area contributed by atoms with Crippen molar-refractivity contribution in [3.8, 4) is 10.6 Å². The Morgan fingerprint density at radius 3 is 2.61 bits per heavy atom. The first-order valence-corrected chi connectivity index (χ1v) is 10.1. The topological polar surface area (TPSA) is 73.2 Å². The number of ether oxygens (including phenoxy) is 1. The van der Waals surface area contributed by atoms with Gasteiger partial charge in [-0.2, -0.15) is 5.10 Å². The number of hydrogen-bond donors (Lipinski definition) is 1. The van der Waals surface area contributed by atoms with Crippen LogP contribution in [0.3, 0.4) is 0 Å². The maximum Gasteiger partial charge on any atom is 0.337 e. The van der Waals surface area contributed by atoms with Crippen LogP contribution in [0.1, 0.15) is 45.2 Å². The number of amides is 1. The fraction of sp³-hybridized carbons (Fsp3) is 0.286. The van der Waals surface area contributed by atoms with E-state index in [1.54, 1.807) is 35.6 Å². The van der Waals surface area contributed by atoms with Crippen LogP contribution in [0.5, 0.6) is 0 Å². The predicted octanol–water partition coefficient (Wildman–Crippen LogP) is 3.71. The van der Waals surface area contributed by atoms with Gasteiger partial charge < -0.3 is 10.1 Å². The average molecular weight is 395 g/mol. The van der Waals surface area contributed by atoms with Crippen LogP contribution in [-0.4, -0.2) is 35.3 Å². The molecular formula is C21H21N3O3S. The molecule has 0 saturated heterocycles. The highest BCUT2D eigenvalue weighted by atomic mass is 32.1. The highest BCUT2D eigenvalue weighted by Crippen LogP contribution is 2.41. The van der Waals surface area contributed by atoms with Crippen molar-refractivity contribution in [2.45, 2.75) is 25.3 Å². The molecule has 1 saturated carbocycles. The van der Waals surface area contributed by atoms with Gasteiger partial charge in [0.05, 0.1) is 24.1 Å². The molecule has 2 heterocycles. The van der Waals surface area contributed by atoms with E-state index in [0.29, 0.717) is 30.1 Å². The van der Waals surface area contributed by atoms with Crippen LogP contribution in [0.2, 0.25) is 0 Å². The number of nitrogens with one attached hydrogen (secondary N) is 1. The van der Waals surface area contributed by atoms with Gasteiger partial charge in [-0.15, -0.1) is 11.3 Å². The molecular weight excluding hydrogens is 374 g/mol. The van der Waals surface area contributed by atoms with Crippen LogP contribution in [-0.2, 0) is 11.3 Å². The van der Waals surface area contributed by atoms with Gasteiger partial charge in [-0.1, -0.05) is 6.07 Å². The number of rotatable bonds is 7. The summed E-state index contributed by atoms with van der Waals surface area (Å²) in [5, 5.41) is 9.73. The van der Waals surface area contributed by atoms with E-state index in [2.05, 4.69) is 27.6 Å². The van der Waals surface area contributed by atoms with Gasteiger partial charge in [0, 0.05) is 23.7 Å². The lowest BCUT2D eigenvalue weighted by Gasteiger charge is -2.09. The standard InChI is InChI=1S/C21H21N3O3S/c1-27-21(26)16-8-6-15(7-9-16)20(25)22-10-11-24-18(14-4-5-14)13-17(23-24)19-3-2-12-28-19/h2-3,6-9,12-14H,4-5,10-11H2,1H3,(H,22,25). The van der Waals surface area contributed by atoms with Crippen molar-refractivity contribution in [1.29, 1.82) is 0 Å². The highest BCUT2D eigenvalue weighted by molar-refractivity contribution is 7.13. The van der Waals surface area contributed by atoms with Crippen LogP contribution in [0, 0.1) is 0 Å². The van der Waals surface area contributed by atoms with Crippen molar-refractivity contribution in [2.24, 2.45) is 0 Å². The van der Waals surface area contributed by atoms with Crippen LogP contribution in [0.4, 0.5) is 0 Å². The summed E-state index contributed by atoms with van der Waals surface area (Å²) in [6.45, 7) is 1.12. The molecule has 0 atom stereocenters. The third kappa shape index (κ3) is 3.99. The molecule has 1 aromatic carbocycles. The molecule has 2 aromatic heterocycles. The third-order valence-corrected chi connectivity index (χ3v) is 5.65. The molecule has 4 rings (SSSR count). The SMILES string of the molecule is COC(=O)c1ccc(C(=O)NCCn2nc(-c3cccs3)cc2C2CC2)cc1. The number of thiophene rings is 1. The van der Waals surface area contributed by atoms with E-state index < -0.39 is 5.97 Å². The summed E-state index contributed by atoms with van der Waals surface area (Å²) in [4.78, 5) is 25.0. The van der Waals surface area contributed by atoms with Crippen molar-refractivity contribution in [3.63, 3.8) is 0 Å². The summed E-state index contributed by atoms with van der Waals surface area (Å²) in [5.41, 5.74) is 3.18. The number of methoxy groups -OCH3 is 1. The Hall–Kier alpha value is -2.93. The van der Waals surface area contributed by atoms with Gasteiger partial charge in [0.15, 0.2) is 0 Å². The summed E-state index contributed by atoms with van der Waals surface area (Å²) < 4.78 is 6.69. The van der Waals surface area contributed by atoms with Crippen LogP contribution in [0.15, 0.2) is 47.8 Å². The van der Waals surface area contributed by atoms with Crippen LogP contribution >= 0.6 is 11.3 Å². The zero-order valence-corrected chi connectivity index (χ0v) is 16.4. The Labute approximate surface area is 167 Å². The quantitative estimate of drug-likeness (QED) is 0.619. The van der Waals surface area contributed by atoms with Gasteiger partial charge in [0.25, 0.3) is 5.91 Å². The number of esters is 1. The Bertz CT molecular complexity index is 973. The number of aromatic nitrogens is 2. The van der Waals surface area contributed by atoms with Gasteiger partial charge in [-0.05, 0) is 54.6 Å². The summed E-state index contributed by atoms with van der Waals surface area (Å²) in [5.74, 6) is -0.00223. The highest BCUT2D eigenvalue weighted by Gasteiger charge is 2.28. The fourth-order valence-electron chi connectivity index (χ4n) is 3.12. The first-order valence-electron chi connectivity index (χ1n) is 9.24. The molecule has 1 fully saturated rings. The molecule has 144 valence electrons. The van der Waals surface area contributed by atoms with E-state index in [1.165, 1.54) is 25.6 Å². The first kappa shape index (κ1) is 18.4. The van der Waals surface area contributed by atoms with Crippen molar-refractivity contribution < 1.29 is 14.3 Å². The molecule has 28 heavy (non-hydrogen) atoms. The van der Waals surface area contributed by atoms with Crippen molar-refractivity contribution in [3.05, 3.63) is 64.7 Å². The summed E-state index contributed by atoms with van der Waals surface area (Å²) >= 11 is 1.68. The fourth-order valence-corrected chi connectivity index (χ4v) is 3.80. The zero-order valence-electron chi connectivity index (χ0n) is 15.6. The second kappa shape index (κ2) is 7.98. The molecule has 7 heteroatoms. The van der Waals surface area contributed by atoms with Crippen LogP contribution < -0.4 is 5.32 Å². The zero-order chi connectivity index (χ0) is 19.5. The van der Waals surface area contributed by atoms with Crippen molar-refractivity contribution in [2.75, 3.05) is 13.7 Å². The predicted molar refractivity (Wildman–Crippen MR) is 108 cm³/mol. The average Bonchev–Trinajstić information content (AvgIpc) is 3.25. The van der Waals surface area contributed by atoms with E-state index in [1.807, 2.05) is 10.7 Å². The van der Waals surface area contributed by atoms with E-state index in [0.717, 1.165) is 10.6 Å². The Morgan fingerprint density at radius 1 is 1.21 bits per heavy atom. The summed E-state index contributed by atoms with van der Waals surface area (Å²) in [6, 6.07) is 12.7. The molecule has 3 aromatic rings. The maximum atomic E-state index is 12.4. The van der Waals surface area contributed by atoms with Gasteiger partial charge in [0.1, 0.15) is 5.69 Å². The second-order valence-electron chi connectivity index (χ2n) is 6.75. The molecule has 6 nitrogen and oxygen atoms in total. The molecule has 0 bridgehead atoms. The summed E-state index contributed by atoms with van der Waals surface area (Å²) in [6.07, 6.45) is 2.41. The number of nitrogens with zero attached hydrogens (tertiary/aromatic N) is 2. The van der Waals surface area contributed by atoms with Gasteiger partial charge in [0.2, 0.25) is 0 Å². The monoisotopic (exact) mass is 395 g/mol. The lowest BCUT2D eigenvalue weighted by Crippen LogP contribution is -2.28. The maximum absolute atomic E-state index is 12.4. The van der Waals surface area contributed by atoms with Crippen molar-refractivity contribution in [1.82, 2.24) is 15.1 Å². The summed E-state index contributed by atoms with van der Waals surface area (Å²) in [7, 11) is 1.33. The smallest absolute Gasteiger partial charge is 0.337 e. The number of carbonyl (C=O) groups is 2. The first-order chi connectivity index (χ1) is 13.7. The second-order valence-corrected chi connectivity index (χ2v) is 7.70. The molecule has 0 aliphatic heterocycles. The lowest BCUT2D eigenvalue weighted by atomic mass is 10.1. The minimum absolute atomic E-state index is 0.171. The van der Waals surface area contributed by atoms with Crippen LogP contribution in [0.25, 0.3) is 10.6 Å². The lowest BCUT2D eigenvalue weighted by molar-refractivity contribution is 0.0600. The largest absolute Gasteiger partial charge is 0.465 e. The minimum atomic E-state index is -0.417. The van der Waals surface area contributed by atoms with E-state index in [4.69, 9.17) is 5.10 Å². The number of benzene rings is 1. The molecule has 1 aliphatic rings. The molecule has 1 N–H and O–H groups in total. The Kier molecular flexibility index (Phi) is 5.25. The molecule has 0 unspecified atom stereocenters. The normalized spacial score (nSPS) is 13.3. The molecule has 1 amide bonds. The Balaban J connectivity index is 1.38. The van der Waals surface area contributed by atoms with E-state index >= 15 is 0 Å². The number of carbonyl (C=O) groups excluding carboxylic acids is 2. The van der Waals surface area contributed by atoms with Gasteiger partial charge in [-0.3, -0.25) is 9.48 Å². The third-order valence-electron chi connectivity index (χ3n) is 4.76. The van der Waals surface area contributed by atoms with Gasteiger partial charge >= 0.3 is 5.97 Å². The molecule has 0 spiro atoms. The van der Waals surface area contributed by atoms with Gasteiger partial charge in [-0.25, -0.2) is 4.79 Å². The molecule has 0 radical (unpaired) electrons. The van der Waals surface area contributed by atoms with E-state index in [-0.39, 0.29) is 5.91 Å². The molecule has 1 aliphatic carbocycles.